The first kappa shape index (κ1) is 16.5. The smallest absolute Gasteiger partial charge is 0.252 e. The van der Waals surface area contributed by atoms with Crippen LogP contribution in [-0.2, 0) is 6.54 Å². The summed E-state index contributed by atoms with van der Waals surface area (Å²) >= 11 is 5.24. The summed E-state index contributed by atoms with van der Waals surface area (Å²) in [5.74, 6) is 1.92. The fraction of sp³-hybridized carbons (Fsp3) is 0.438. The van der Waals surface area contributed by atoms with Crippen LogP contribution >= 0.6 is 12.2 Å². The van der Waals surface area contributed by atoms with Gasteiger partial charge in [-0.2, -0.15) is 5.10 Å². The molecule has 1 aliphatic rings. The topological polar surface area (TPSA) is 81.2 Å². The summed E-state index contributed by atoms with van der Waals surface area (Å²) in [7, 11) is 0. The van der Waals surface area contributed by atoms with Crippen LogP contribution in [0.1, 0.15) is 43.0 Å². The summed E-state index contributed by atoms with van der Waals surface area (Å²) < 4.78 is 13.0. The maximum Gasteiger partial charge on any atom is 0.252 e. The molecule has 0 spiro atoms. The highest BCUT2D eigenvalue weighted by Gasteiger charge is 2.25. The van der Waals surface area contributed by atoms with Crippen LogP contribution in [0, 0.1) is 10.7 Å². The Morgan fingerprint density at radius 1 is 1.42 bits per heavy atom. The number of fused-ring (bicyclic) bond motifs is 1. The Labute approximate surface area is 145 Å². The Hall–Kier alpha value is -2.35. The van der Waals surface area contributed by atoms with Gasteiger partial charge in [0.1, 0.15) is 0 Å². The van der Waals surface area contributed by atoms with Crippen molar-refractivity contribution in [2.24, 2.45) is 5.92 Å². The molecule has 1 atom stereocenters. The van der Waals surface area contributed by atoms with E-state index in [1.807, 2.05) is 25.3 Å². The van der Waals surface area contributed by atoms with Crippen molar-refractivity contribution in [2.45, 2.75) is 33.4 Å². The largest absolute Gasteiger partial charge is 0.454 e. The number of H-pyrrole nitrogens is 1. The Morgan fingerprint density at radius 2 is 2.17 bits per heavy atom. The molecule has 1 aliphatic heterocycles. The lowest BCUT2D eigenvalue weighted by Crippen LogP contribution is -2.33. The van der Waals surface area contributed by atoms with Crippen molar-refractivity contribution < 1.29 is 14.3 Å². The van der Waals surface area contributed by atoms with Crippen molar-refractivity contribution >= 4 is 18.1 Å². The first-order chi connectivity index (χ1) is 11.5. The third-order valence-corrected chi connectivity index (χ3v) is 4.28. The first-order valence-electron chi connectivity index (χ1n) is 7.87. The van der Waals surface area contributed by atoms with E-state index in [1.165, 1.54) is 0 Å². The first-order valence-corrected chi connectivity index (χ1v) is 8.27. The number of rotatable bonds is 5. The molecule has 1 aromatic carbocycles. The molecule has 0 bridgehead atoms. The second kappa shape index (κ2) is 6.64. The minimum absolute atomic E-state index is 0.151. The molecule has 128 valence electrons. The molecule has 1 aromatic heterocycles. The molecule has 0 saturated carbocycles. The lowest BCUT2D eigenvalue weighted by atomic mass is 10.0. The number of hydrogen-bond acceptors (Lipinski definition) is 5. The van der Waals surface area contributed by atoms with Gasteiger partial charge in [-0.1, -0.05) is 13.8 Å². The highest BCUT2D eigenvalue weighted by atomic mass is 32.1. The van der Waals surface area contributed by atoms with Gasteiger partial charge < -0.3 is 19.4 Å². The SMILES string of the molecule is CCn1c(C(NC(=O)c2ccc3c(c2)OCO3)C(C)C)n[nH]c1=S. The predicted octanol–water partition coefficient (Wildman–Crippen LogP) is 2.82. The third kappa shape index (κ3) is 3.01. The van der Waals surface area contributed by atoms with Crippen molar-refractivity contribution in [3.63, 3.8) is 0 Å². The molecule has 8 heteroatoms. The van der Waals surface area contributed by atoms with E-state index >= 15 is 0 Å². The Kier molecular flexibility index (Phi) is 4.57. The van der Waals surface area contributed by atoms with E-state index in [9.17, 15) is 4.79 Å². The molecule has 1 amide bonds. The van der Waals surface area contributed by atoms with Crippen LogP contribution in [0.5, 0.6) is 11.5 Å². The number of ether oxygens (including phenoxy) is 2. The maximum atomic E-state index is 12.7. The standard InChI is InChI=1S/C16H20N4O3S/c1-4-20-14(18-19-16(20)24)13(9(2)3)17-15(21)10-5-6-11-12(7-10)23-8-22-11/h5-7,9,13H,4,8H2,1-3H3,(H,17,21)(H,19,24). The highest BCUT2D eigenvalue weighted by Crippen LogP contribution is 2.32. The van der Waals surface area contributed by atoms with Crippen LogP contribution in [0.3, 0.4) is 0 Å². The molecule has 1 unspecified atom stereocenters. The van der Waals surface area contributed by atoms with Crippen LogP contribution in [0.25, 0.3) is 0 Å². The van der Waals surface area contributed by atoms with E-state index in [4.69, 9.17) is 21.7 Å². The van der Waals surface area contributed by atoms with Gasteiger partial charge in [-0.15, -0.1) is 0 Å². The van der Waals surface area contributed by atoms with E-state index in [-0.39, 0.29) is 24.7 Å². The van der Waals surface area contributed by atoms with Gasteiger partial charge in [-0.3, -0.25) is 9.89 Å². The van der Waals surface area contributed by atoms with Gasteiger partial charge in [0, 0.05) is 12.1 Å². The van der Waals surface area contributed by atoms with Crippen molar-refractivity contribution in [2.75, 3.05) is 6.79 Å². The third-order valence-electron chi connectivity index (χ3n) is 3.97. The van der Waals surface area contributed by atoms with Gasteiger partial charge in [0.05, 0.1) is 6.04 Å². The van der Waals surface area contributed by atoms with Gasteiger partial charge in [0.25, 0.3) is 5.91 Å². The fourth-order valence-electron chi connectivity index (χ4n) is 2.66. The molecule has 0 fully saturated rings. The minimum Gasteiger partial charge on any atom is -0.454 e. The monoisotopic (exact) mass is 348 g/mol. The summed E-state index contributed by atoms with van der Waals surface area (Å²) in [6, 6.07) is 4.89. The van der Waals surface area contributed by atoms with E-state index < -0.39 is 0 Å². The second-order valence-electron chi connectivity index (χ2n) is 5.89. The van der Waals surface area contributed by atoms with Gasteiger partial charge >= 0.3 is 0 Å². The number of amides is 1. The van der Waals surface area contributed by atoms with Crippen molar-refractivity contribution in [1.29, 1.82) is 0 Å². The number of nitrogens with one attached hydrogen (secondary N) is 2. The van der Waals surface area contributed by atoms with Crippen molar-refractivity contribution in [1.82, 2.24) is 20.1 Å². The highest BCUT2D eigenvalue weighted by molar-refractivity contribution is 7.71. The Balaban J connectivity index is 1.85. The minimum atomic E-state index is -0.254. The number of benzene rings is 1. The summed E-state index contributed by atoms with van der Waals surface area (Å²) in [6.07, 6.45) is 0. The fourth-order valence-corrected chi connectivity index (χ4v) is 2.93. The molecular weight excluding hydrogens is 328 g/mol. The quantitative estimate of drug-likeness (QED) is 0.812. The second-order valence-corrected chi connectivity index (χ2v) is 6.28. The van der Waals surface area contributed by atoms with Gasteiger partial charge in [-0.05, 0) is 43.3 Å². The molecular formula is C16H20N4O3S. The van der Waals surface area contributed by atoms with Gasteiger partial charge in [0.2, 0.25) is 6.79 Å². The molecule has 0 radical (unpaired) electrons. The zero-order chi connectivity index (χ0) is 17.3. The van der Waals surface area contributed by atoms with Gasteiger partial charge in [-0.25, -0.2) is 0 Å². The lowest BCUT2D eigenvalue weighted by Gasteiger charge is -2.22. The molecule has 2 heterocycles. The average molecular weight is 348 g/mol. The van der Waals surface area contributed by atoms with E-state index in [0.717, 1.165) is 5.82 Å². The van der Waals surface area contributed by atoms with E-state index in [2.05, 4.69) is 15.5 Å². The van der Waals surface area contributed by atoms with Gasteiger partial charge in [0.15, 0.2) is 22.1 Å². The van der Waals surface area contributed by atoms with Crippen LogP contribution in [-0.4, -0.2) is 27.5 Å². The van der Waals surface area contributed by atoms with Crippen LogP contribution < -0.4 is 14.8 Å². The zero-order valence-corrected chi connectivity index (χ0v) is 14.6. The number of hydrogen-bond donors (Lipinski definition) is 2. The lowest BCUT2D eigenvalue weighted by molar-refractivity contribution is 0.0921. The Morgan fingerprint density at radius 3 is 2.88 bits per heavy atom. The summed E-state index contributed by atoms with van der Waals surface area (Å²) in [5.41, 5.74) is 0.516. The van der Waals surface area contributed by atoms with Crippen LogP contribution in [0.4, 0.5) is 0 Å². The summed E-state index contributed by atoms with van der Waals surface area (Å²) in [4.78, 5) is 12.7. The summed E-state index contributed by atoms with van der Waals surface area (Å²) in [6.45, 7) is 6.92. The van der Waals surface area contributed by atoms with Crippen LogP contribution in [0.2, 0.25) is 0 Å². The zero-order valence-electron chi connectivity index (χ0n) is 13.8. The average Bonchev–Trinajstić information content (AvgIpc) is 3.17. The molecule has 7 nitrogen and oxygen atoms in total. The number of aromatic amines is 1. The molecule has 3 rings (SSSR count). The number of carbonyl (C=O) groups excluding carboxylic acids is 1. The summed E-state index contributed by atoms with van der Waals surface area (Å²) in [5, 5.41) is 10.1. The molecule has 24 heavy (non-hydrogen) atoms. The molecule has 2 aromatic rings. The molecule has 0 aliphatic carbocycles. The maximum absolute atomic E-state index is 12.7. The van der Waals surface area contributed by atoms with Crippen molar-refractivity contribution in [3.05, 3.63) is 34.4 Å². The number of aromatic nitrogens is 3. The van der Waals surface area contributed by atoms with Crippen LogP contribution in [0.15, 0.2) is 18.2 Å². The van der Waals surface area contributed by atoms with E-state index in [1.54, 1.807) is 18.2 Å². The van der Waals surface area contributed by atoms with Crippen molar-refractivity contribution in [3.8, 4) is 11.5 Å². The number of carbonyl (C=O) groups is 1. The van der Waals surface area contributed by atoms with E-state index in [0.29, 0.717) is 28.4 Å². The molecule has 2 N–H and O–H groups in total. The molecule has 0 saturated heterocycles. The predicted molar refractivity (Wildman–Crippen MR) is 90.7 cm³/mol. The Bertz CT molecular complexity index is 812. The number of nitrogens with zero attached hydrogens (tertiary/aromatic N) is 2. The normalized spacial score (nSPS) is 14.0.